The van der Waals surface area contributed by atoms with Crippen LogP contribution in [0.3, 0.4) is 0 Å². The summed E-state index contributed by atoms with van der Waals surface area (Å²) in [6.07, 6.45) is 4.54. The van der Waals surface area contributed by atoms with Gasteiger partial charge in [0.2, 0.25) is 5.92 Å². The largest absolute Gasteiger partial charge is 0.497 e. The van der Waals surface area contributed by atoms with Gasteiger partial charge < -0.3 is 18.8 Å². The van der Waals surface area contributed by atoms with Crippen molar-refractivity contribution in [3.05, 3.63) is 42.6 Å². The summed E-state index contributed by atoms with van der Waals surface area (Å²) in [5, 5.41) is 0. The topological polar surface area (TPSA) is 83.8 Å². The first kappa shape index (κ1) is 20.6. The number of rotatable bonds is 7. The van der Waals surface area contributed by atoms with Crippen LogP contribution < -0.4 is 4.74 Å². The second-order valence-electron chi connectivity index (χ2n) is 7.07. The molecule has 1 aromatic carbocycles. The third-order valence-electron chi connectivity index (χ3n) is 5.62. The van der Waals surface area contributed by atoms with E-state index < -0.39 is 29.2 Å². The van der Waals surface area contributed by atoms with Crippen LogP contribution in [-0.4, -0.2) is 43.6 Å². The number of aromatic nitrogens is 1. The number of methoxy groups -OCH3 is 3. The van der Waals surface area contributed by atoms with Crippen molar-refractivity contribution in [2.75, 3.05) is 21.3 Å². The minimum Gasteiger partial charge on any atom is -0.497 e. The number of Topliss-reactive ketones (excluding diaryl/α,β-unsaturated/α-hetero) is 1. The normalized spacial score (nSPS) is 15.2. The quantitative estimate of drug-likeness (QED) is 0.526. The van der Waals surface area contributed by atoms with Crippen LogP contribution in [-0.2, 0) is 29.4 Å². The Kier molecular flexibility index (Phi) is 6.06. The van der Waals surface area contributed by atoms with Gasteiger partial charge in [-0.15, -0.1) is 0 Å². The zero-order chi connectivity index (χ0) is 21.0. The Hall–Kier alpha value is -3.09. The molecular formula is C22H25NO6. The van der Waals surface area contributed by atoms with Crippen LogP contribution in [0.4, 0.5) is 0 Å². The fourth-order valence-corrected chi connectivity index (χ4v) is 4.13. The fraction of sp³-hybridized carbons (Fsp3) is 0.409. The molecule has 7 nitrogen and oxygen atoms in total. The molecular weight excluding hydrogens is 374 g/mol. The van der Waals surface area contributed by atoms with Gasteiger partial charge in [-0.3, -0.25) is 14.4 Å². The van der Waals surface area contributed by atoms with E-state index in [1.165, 1.54) is 0 Å². The first-order valence-corrected chi connectivity index (χ1v) is 9.50. The first-order chi connectivity index (χ1) is 14.0. The average molecular weight is 399 g/mol. The van der Waals surface area contributed by atoms with Crippen molar-refractivity contribution < 1.29 is 28.6 Å². The number of hydrogen-bond acceptors (Lipinski definition) is 6. The van der Waals surface area contributed by atoms with Crippen LogP contribution in [0, 0.1) is 5.92 Å². The van der Waals surface area contributed by atoms with Crippen molar-refractivity contribution in [3.63, 3.8) is 0 Å². The summed E-state index contributed by atoms with van der Waals surface area (Å²) in [6.45, 7) is 0. The summed E-state index contributed by atoms with van der Waals surface area (Å²) in [5.74, 6) is -3.15. The van der Waals surface area contributed by atoms with Crippen molar-refractivity contribution in [1.82, 2.24) is 4.57 Å². The predicted molar refractivity (Wildman–Crippen MR) is 105 cm³/mol. The van der Waals surface area contributed by atoms with Crippen LogP contribution in [0.1, 0.15) is 25.7 Å². The highest BCUT2D eigenvalue weighted by atomic mass is 16.5. The number of nitrogens with zero attached hydrogens (tertiary/aromatic N) is 1. The van der Waals surface area contributed by atoms with E-state index in [2.05, 4.69) is 0 Å². The second kappa shape index (κ2) is 8.51. The number of benzene rings is 1. The Balaban J connectivity index is 2.08. The summed E-state index contributed by atoms with van der Waals surface area (Å²) in [5.41, 5.74) is 0.727. The lowest BCUT2D eigenvalue weighted by Gasteiger charge is -2.33. The molecule has 0 atom stereocenters. The maximum absolute atomic E-state index is 13.6. The van der Waals surface area contributed by atoms with Gasteiger partial charge in [0, 0.05) is 11.9 Å². The molecule has 1 aliphatic carbocycles. The lowest BCUT2D eigenvalue weighted by Crippen LogP contribution is -2.48. The van der Waals surface area contributed by atoms with E-state index in [0.717, 1.165) is 44.1 Å². The molecule has 0 spiro atoms. The molecule has 0 N–H and O–H groups in total. The van der Waals surface area contributed by atoms with Crippen molar-refractivity contribution >= 4 is 17.7 Å². The van der Waals surface area contributed by atoms with Crippen molar-refractivity contribution in [1.29, 1.82) is 0 Å². The summed E-state index contributed by atoms with van der Waals surface area (Å²) in [6, 6.07) is 11.3. The summed E-state index contributed by atoms with van der Waals surface area (Å²) in [7, 11) is 3.92. The molecule has 154 valence electrons. The smallest absolute Gasteiger partial charge is 0.327 e. The Morgan fingerprint density at radius 2 is 1.52 bits per heavy atom. The molecule has 29 heavy (non-hydrogen) atoms. The van der Waals surface area contributed by atoms with Crippen LogP contribution >= 0.6 is 0 Å². The third kappa shape index (κ3) is 3.64. The van der Waals surface area contributed by atoms with Crippen molar-refractivity contribution in [3.8, 4) is 17.0 Å². The van der Waals surface area contributed by atoms with Crippen LogP contribution in [0.15, 0.2) is 42.6 Å². The summed E-state index contributed by atoms with van der Waals surface area (Å²) >= 11 is 0. The van der Waals surface area contributed by atoms with E-state index in [4.69, 9.17) is 14.2 Å². The standard InChI is InChI=1S/C22H25NO6/c1-27-16-10-8-15(9-11-16)17-7-6-14-23(17)22(12-4-5-13-22)19(24)18(20(25)28-2)21(26)29-3/h6-11,14,18H,4-5,12-13H2,1-3H3. The summed E-state index contributed by atoms with van der Waals surface area (Å²) in [4.78, 5) is 38.2. The summed E-state index contributed by atoms with van der Waals surface area (Å²) < 4.78 is 16.6. The van der Waals surface area contributed by atoms with E-state index in [1.54, 1.807) is 7.11 Å². The number of hydrogen-bond donors (Lipinski definition) is 0. The molecule has 1 saturated carbocycles. The Labute approximate surface area is 169 Å². The molecule has 1 heterocycles. The van der Waals surface area contributed by atoms with Crippen LogP contribution in [0.5, 0.6) is 5.75 Å². The zero-order valence-electron chi connectivity index (χ0n) is 16.8. The fourth-order valence-electron chi connectivity index (χ4n) is 4.13. The van der Waals surface area contributed by atoms with Gasteiger partial charge in [-0.1, -0.05) is 12.8 Å². The van der Waals surface area contributed by atoms with E-state index in [9.17, 15) is 14.4 Å². The number of ether oxygens (including phenoxy) is 3. The molecule has 1 aliphatic rings. The number of ketones is 1. The SMILES string of the molecule is COC(=O)C(C(=O)OC)C(=O)C1(n2cccc2-c2ccc(OC)cc2)CCCC1. The van der Waals surface area contributed by atoms with Gasteiger partial charge in [0.1, 0.15) is 11.3 Å². The Bertz CT molecular complexity index is 876. The van der Waals surface area contributed by atoms with Gasteiger partial charge in [0.15, 0.2) is 5.78 Å². The highest BCUT2D eigenvalue weighted by Gasteiger charge is 2.51. The maximum Gasteiger partial charge on any atom is 0.327 e. The number of carbonyl (C=O) groups is 3. The number of carbonyl (C=O) groups excluding carboxylic acids is 3. The molecule has 1 aromatic heterocycles. The molecule has 0 aliphatic heterocycles. The van der Waals surface area contributed by atoms with Gasteiger partial charge in [-0.2, -0.15) is 0 Å². The van der Waals surface area contributed by atoms with E-state index >= 15 is 0 Å². The van der Waals surface area contributed by atoms with E-state index in [1.807, 2.05) is 47.2 Å². The molecule has 0 unspecified atom stereocenters. The highest BCUT2D eigenvalue weighted by molar-refractivity contribution is 6.17. The van der Waals surface area contributed by atoms with Gasteiger partial charge in [-0.25, -0.2) is 0 Å². The monoisotopic (exact) mass is 399 g/mol. The van der Waals surface area contributed by atoms with Gasteiger partial charge in [-0.05, 0) is 54.8 Å². The highest BCUT2D eigenvalue weighted by Crippen LogP contribution is 2.42. The molecule has 2 aromatic rings. The van der Waals surface area contributed by atoms with Gasteiger partial charge in [0.25, 0.3) is 0 Å². The van der Waals surface area contributed by atoms with E-state index in [0.29, 0.717) is 12.8 Å². The molecule has 0 bridgehead atoms. The molecule has 7 heteroatoms. The number of esters is 2. The van der Waals surface area contributed by atoms with Crippen molar-refractivity contribution in [2.24, 2.45) is 5.92 Å². The first-order valence-electron chi connectivity index (χ1n) is 9.50. The van der Waals surface area contributed by atoms with Crippen molar-refractivity contribution in [2.45, 2.75) is 31.2 Å². The second-order valence-corrected chi connectivity index (χ2v) is 7.07. The molecule has 3 rings (SSSR count). The molecule has 0 saturated heterocycles. The van der Waals surface area contributed by atoms with Crippen LogP contribution in [0.25, 0.3) is 11.3 Å². The van der Waals surface area contributed by atoms with Gasteiger partial charge in [0.05, 0.1) is 21.3 Å². The van der Waals surface area contributed by atoms with Crippen LogP contribution in [0.2, 0.25) is 0 Å². The predicted octanol–water partition coefficient (Wildman–Crippen LogP) is 2.96. The molecule has 1 fully saturated rings. The zero-order valence-corrected chi connectivity index (χ0v) is 16.8. The molecule has 0 amide bonds. The Morgan fingerprint density at radius 3 is 2.03 bits per heavy atom. The minimum absolute atomic E-state index is 0.486. The van der Waals surface area contributed by atoms with Gasteiger partial charge >= 0.3 is 11.9 Å². The maximum atomic E-state index is 13.6. The van der Waals surface area contributed by atoms with E-state index in [-0.39, 0.29) is 0 Å². The average Bonchev–Trinajstić information content (AvgIpc) is 3.43. The third-order valence-corrected chi connectivity index (χ3v) is 5.62. The molecule has 0 radical (unpaired) electrons. The lowest BCUT2D eigenvalue weighted by molar-refractivity contribution is -0.163. The lowest BCUT2D eigenvalue weighted by atomic mass is 9.83. The Morgan fingerprint density at radius 1 is 0.931 bits per heavy atom. The minimum atomic E-state index is -1.60.